The number of carbonyl (C=O) groups is 2. The van der Waals surface area contributed by atoms with Crippen LogP contribution in [0.1, 0.15) is 79.1 Å². The van der Waals surface area contributed by atoms with Gasteiger partial charge < -0.3 is 9.80 Å². The van der Waals surface area contributed by atoms with E-state index in [0.29, 0.717) is 11.1 Å². The van der Waals surface area contributed by atoms with Crippen LogP contribution in [0.25, 0.3) is 0 Å². The Labute approximate surface area is 146 Å². The molecule has 24 heavy (non-hydrogen) atoms. The molecule has 0 atom stereocenters. The van der Waals surface area contributed by atoms with Crippen LogP contribution in [0.4, 0.5) is 0 Å². The second-order valence-corrected chi connectivity index (χ2v) is 6.96. The third-order valence-electron chi connectivity index (χ3n) is 5.17. The monoisotopic (exact) mass is 332 g/mol. The standard InChI is InChI=1S/C20H32N2O2/c1-5-7-9-11-13-21-15(3)17-18(19(21)23)16(4)22(20(17)24)14-12-10-8-6-2/h5-14H2,1-4H3. The SMILES string of the molecule is CCCCCCN1C(=O)C2=C(C)N(CCCCCC)C(=O)C2=C1C. The Morgan fingerprint density at radius 1 is 0.625 bits per heavy atom. The predicted octanol–water partition coefficient (Wildman–Crippen LogP) is 4.38. The van der Waals surface area contributed by atoms with Crippen LogP contribution in [0, 0.1) is 0 Å². The molecule has 4 nitrogen and oxygen atoms in total. The first-order valence-corrected chi connectivity index (χ1v) is 9.60. The van der Waals surface area contributed by atoms with Crippen molar-refractivity contribution in [3.8, 4) is 0 Å². The molecule has 0 aromatic rings. The minimum atomic E-state index is 0.0286. The molecule has 2 rings (SSSR count). The number of hydrogen-bond acceptors (Lipinski definition) is 2. The summed E-state index contributed by atoms with van der Waals surface area (Å²) in [6.45, 7) is 9.67. The van der Waals surface area contributed by atoms with E-state index >= 15 is 0 Å². The van der Waals surface area contributed by atoms with Crippen molar-refractivity contribution in [3.05, 3.63) is 22.5 Å². The predicted molar refractivity (Wildman–Crippen MR) is 97.1 cm³/mol. The molecular weight excluding hydrogens is 300 g/mol. The number of nitrogens with zero attached hydrogens (tertiary/aromatic N) is 2. The van der Waals surface area contributed by atoms with Gasteiger partial charge in [0, 0.05) is 24.5 Å². The number of rotatable bonds is 10. The molecule has 2 amide bonds. The molecule has 0 bridgehead atoms. The van der Waals surface area contributed by atoms with E-state index in [0.717, 1.165) is 50.2 Å². The second-order valence-electron chi connectivity index (χ2n) is 6.96. The lowest BCUT2D eigenvalue weighted by molar-refractivity contribution is -0.124. The molecule has 0 spiro atoms. The summed E-state index contributed by atoms with van der Waals surface area (Å²) in [6.07, 6.45) is 9.05. The zero-order valence-electron chi connectivity index (χ0n) is 15.8. The molecule has 2 aliphatic rings. The molecular formula is C20H32N2O2. The quantitative estimate of drug-likeness (QED) is 0.557. The Bertz CT molecular complexity index is 510. The van der Waals surface area contributed by atoms with Gasteiger partial charge in [0.1, 0.15) is 0 Å². The molecule has 0 saturated heterocycles. The summed E-state index contributed by atoms with van der Waals surface area (Å²) >= 11 is 0. The van der Waals surface area contributed by atoms with Gasteiger partial charge >= 0.3 is 0 Å². The molecule has 4 heteroatoms. The summed E-state index contributed by atoms with van der Waals surface area (Å²) in [5.74, 6) is 0.0572. The van der Waals surface area contributed by atoms with Crippen LogP contribution in [-0.2, 0) is 9.59 Å². The molecule has 0 aliphatic carbocycles. The van der Waals surface area contributed by atoms with Gasteiger partial charge in [-0.15, -0.1) is 0 Å². The van der Waals surface area contributed by atoms with Crippen molar-refractivity contribution in [2.75, 3.05) is 13.1 Å². The molecule has 0 aromatic heterocycles. The van der Waals surface area contributed by atoms with E-state index < -0.39 is 0 Å². The molecule has 0 radical (unpaired) electrons. The fraction of sp³-hybridized carbons (Fsp3) is 0.700. The van der Waals surface area contributed by atoms with Gasteiger partial charge in [0.15, 0.2) is 0 Å². The second kappa shape index (κ2) is 8.50. The first-order chi connectivity index (χ1) is 11.5. The highest BCUT2D eigenvalue weighted by molar-refractivity contribution is 6.19. The summed E-state index contributed by atoms with van der Waals surface area (Å²) in [5, 5.41) is 0. The van der Waals surface area contributed by atoms with Crippen molar-refractivity contribution in [3.63, 3.8) is 0 Å². The minimum Gasteiger partial charge on any atom is -0.312 e. The summed E-state index contributed by atoms with van der Waals surface area (Å²) in [6, 6.07) is 0. The van der Waals surface area contributed by atoms with Gasteiger partial charge in [0.2, 0.25) is 0 Å². The zero-order valence-corrected chi connectivity index (χ0v) is 15.8. The van der Waals surface area contributed by atoms with E-state index in [1.807, 2.05) is 23.6 Å². The fourth-order valence-corrected chi connectivity index (χ4v) is 3.66. The number of unbranched alkanes of at least 4 members (excludes halogenated alkanes) is 6. The normalized spacial score (nSPS) is 17.7. The van der Waals surface area contributed by atoms with Gasteiger partial charge in [0.25, 0.3) is 11.8 Å². The fourth-order valence-electron chi connectivity index (χ4n) is 3.66. The highest BCUT2D eigenvalue weighted by atomic mass is 16.2. The summed E-state index contributed by atoms with van der Waals surface area (Å²) in [5.41, 5.74) is 3.02. The molecule has 0 saturated carbocycles. The maximum atomic E-state index is 12.8. The van der Waals surface area contributed by atoms with Crippen LogP contribution < -0.4 is 0 Å². The first kappa shape index (κ1) is 18.8. The lowest BCUT2D eigenvalue weighted by Gasteiger charge is -2.22. The van der Waals surface area contributed by atoms with Crippen LogP contribution in [0.5, 0.6) is 0 Å². The molecule has 0 fully saturated rings. The Kier molecular flexibility index (Phi) is 6.64. The number of fused-ring (bicyclic) bond motifs is 1. The molecule has 0 unspecified atom stereocenters. The van der Waals surface area contributed by atoms with Gasteiger partial charge in [-0.05, 0) is 26.7 Å². The highest BCUT2D eigenvalue weighted by Crippen LogP contribution is 2.39. The van der Waals surface area contributed by atoms with Crippen LogP contribution in [0.3, 0.4) is 0 Å². The average Bonchev–Trinajstić information content (AvgIpc) is 2.96. The Balaban J connectivity index is 2.06. The van der Waals surface area contributed by atoms with Crippen LogP contribution in [-0.4, -0.2) is 34.7 Å². The van der Waals surface area contributed by atoms with Crippen LogP contribution in [0.2, 0.25) is 0 Å². The average molecular weight is 332 g/mol. The third kappa shape index (κ3) is 3.57. The van der Waals surface area contributed by atoms with E-state index in [9.17, 15) is 9.59 Å². The Morgan fingerprint density at radius 3 is 1.33 bits per heavy atom. The lowest BCUT2D eigenvalue weighted by Crippen LogP contribution is -2.30. The number of amides is 2. The zero-order chi connectivity index (χ0) is 17.7. The van der Waals surface area contributed by atoms with E-state index in [4.69, 9.17) is 0 Å². The van der Waals surface area contributed by atoms with Crippen molar-refractivity contribution in [1.29, 1.82) is 0 Å². The summed E-state index contributed by atoms with van der Waals surface area (Å²) in [7, 11) is 0. The largest absolute Gasteiger partial charge is 0.312 e. The number of hydrogen-bond donors (Lipinski definition) is 0. The van der Waals surface area contributed by atoms with Crippen molar-refractivity contribution >= 4 is 11.8 Å². The minimum absolute atomic E-state index is 0.0286. The third-order valence-corrected chi connectivity index (χ3v) is 5.17. The van der Waals surface area contributed by atoms with E-state index in [1.165, 1.54) is 25.7 Å². The number of carbonyl (C=O) groups excluding carboxylic acids is 2. The Hall–Kier alpha value is -1.58. The first-order valence-electron chi connectivity index (χ1n) is 9.60. The highest BCUT2D eigenvalue weighted by Gasteiger charge is 2.44. The van der Waals surface area contributed by atoms with Crippen molar-refractivity contribution < 1.29 is 9.59 Å². The van der Waals surface area contributed by atoms with Gasteiger partial charge in [-0.2, -0.15) is 0 Å². The lowest BCUT2D eigenvalue weighted by atomic mass is 10.1. The maximum absolute atomic E-state index is 12.8. The molecule has 0 N–H and O–H groups in total. The van der Waals surface area contributed by atoms with Crippen LogP contribution >= 0.6 is 0 Å². The Morgan fingerprint density at radius 2 is 1.00 bits per heavy atom. The van der Waals surface area contributed by atoms with Crippen LogP contribution in [0.15, 0.2) is 22.5 Å². The van der Waals surface area contributed by atoms with Gasteiger partial charge in [-0.3, -0.25) is 9.59 Å². The smallest absolute Gasteiger partial charge is 0.260 e. The van der Waals surface area contributed by atoms with Crippen molar-refractivity contribution in [2.45, 2.75) is 79.1 Å². The van der Waals surface area contributed by atoms with Crippen molar-refractivity contribution in [1.82, 2.24) is 9.80 Å². The summed E-state index contributed by atoms with van der Waals surface area (Å²) < 4.78 is 0. The van der Waals surface area contributed by atoms with Gasteiger partial charge in [-0.1, -0.05) is 52.4 Å². The molecule has 2 aliphatic heterocycles. The van der Waals surface area contributed by atoms with Gasteiger partial charge in [-0.25, -0.2) is 0 Å². The number of allylic oxidation sites excluding steroid dienone is 2. The van der Waals surface area contributed by atoms with Gasteiger partial charge in [0.05, 0.1) is 11.1 Å². The van der Waals surface area contributed by atoms with E-state index in [2.05, 4.69) is 13.8 Å². The maximum Gasteiger partial charge on any atom is 0.260 e. The van der Waals surface area contributed by atoms with E-state index in [1.54, 1.807) is 0 Å². The van der Waals surface area contributed by atoms with E-state index in [-0.39, 0.29) is 11.8 Å². The van der Waals surface area contributed by atoms with Crippen molar-refractivity contribution in [2.24, 2.45) is 0 Å². The summed E-state index contributed by atoms with van der Waals surface area (Å²) in [4.78, 5) is 29.2. The topological polar surface area (TPSA) is 40.6 Å². The molecule has 134 valence electrons. The molecule has 0 aromatic carbocycles. The molecule has 2 heterocycles.